The van der Waals surface area contributed by atoms with Crippen molar-refractivity contribution in [2.45, 2.75) is 42.6 Å². The van der Waals surface area contributed by atoms with Crippen molar-refractivity contribution in [1.29, 1.82) is 0 Å². The lowest BCUT2D eigenvalue weighted by atomic mass is 10.1. The summed E-state index contributed by atoms with van der Waals surface area (Å²) >= 11 is 1.24. The van der Waals surface area contributed by atoms with E-state index >= 15 is 0 Å². The van der Waals surface area contributed by atoms with Gasteiger partial charge in [0.1, 0.15) is 10.0 Å². The third kappa shape index (κ3) is 4.60. The van der Waals surface area contributed by atoms with Gasteiger partial charge in [-0.15, -0.1) is 11.3 Å². The highest BCUT2D eigenvalue weighted by molar-refractivity contribution is 7.91. The summed E-state index contributed by atoms with van der Waals surface area (Å²) < 4.78 is 81.9. The minimum atomic E-state index is -4.70. The summed E-state index contributed by atoms with van der Waals surface area (Å²) in [6, 6.07) is 5.49. The average molecular weight is 492 g/mol. The Morgan fingerprint density at radius 3 is 2.34 bits per heavy atom. The SMILES string of the molecule is C[C@@H]1CN(c2ccc(F)cc2C(F)(F)F)CCN1S(=O)(=O)c1ccc(N2CCCCC2)s1. The van der Waals surface area contributed by atoms with Gasteiger partial charge in [-0.1, -0.05) is 0 Å². The number of sulfonamides is 1. The predicted molar refractivity (Wildman–Crippen MR) is 117 cm³/mol. The lowest BCUT2D eigenvalue weighted by Crippen LogP contribution is -2.54. The second-order valence-corrected chi connectivity index (χ2v) is 11.4. The van der Waals surface area contributed by atoms with Crippen molar-refractivity contribution >= 4 is 32.0 Å². The van der Waals surface area contributed by atoms with Crippen LogP contribution in [0, 0.1) is 5.82 Å². The molecule has 1 atom stereocenters. The van der Waals surface area contributed by atoms with Gasteiger partial charge < -0.3 is 9.80 Å². The number of hydrogen-bond acceptors (Lipinski definition) is 5. The Kier molecular flexibility index (Phi) is 6.43. The van der Waals surface area contributed by atoms with E-state index in [0.717, 1.165) is 43.1 Å². The molecule has 2 fully saturated rings. The van der Waals surface area contributed by atoms with E-state index in [4.69, 9.17) is 0 Å². The molecule has 5 nitrogen and oxygen atoms in total. The van der Waals surface area contributed by atoms with Crippen LogP contribution in [-0.4, -0.2) is 51.5 Å². The summed E-state index contributed by atoms with van der Waals surface area (Å²) in [5.41, 5.74) is -1.18. The monoisotopic (exact) mass is 491 g/mol. The summed E-state index contributed by atoms with van der Waals surface area (Å²) in [4.78, 5) is 3.67. The van der Waals surface area contributed by atoms with Crippen LogP contribution >= 0.6 is 11.3 Å². The summed E-state index contributed by atoms with van der Waals surface area (Å²) in [5.74, 6) is -0.961. The molecule has 176 valence electrons. The molecule has 2 saturated heterocycles. The van der Waals surface area contributed by atoms with Gasteiger partial charge in [-0.3, -0.25) is 0 Å². The fourth-order valence-electron chi connectivity index (χ4n) is 4.38. The van der Waals surface area contributed by atoms with Crippen molar-refractivity contribution in [2.75, 3.05) is 42.5 Å². The molecule has 1 aromatic carbocycles. The molecule has 1 aromatic heterocycles. The third-order valence-electron chi connectivity index (χ3n) is 5.97. The summed E-state index contributed by atoms with van der Waals surface area (Å²) in [7, 11) is -3.76. The van der Waals surface area contributed by atoms with Gasteiger partial charge in [-0.25, -0.2) is 12.8 Å². The highest BCUT2D eigenvalue weighted by Crippen LogP contribution is 2.39. The van der Waals surface area contributed by atoms with Gasteiger partial charge in [-0.05, 0) is 56.5 Å². The number of piperidine rings is 1. The van der Waals surface area contributed by atoms with E-state index in [0.29, 0.717) is 6.07 Å². The molecule has 0 radical (unpaired) electrons. The standard InChI is InChI=1S/C21H25F4N3O2S2/c1-15-14-27(18-6-5-16(22)13-17(18)21(23,24)25)11-12-28(15)32(29,30)20-8-7-19(31-20)26-9-3-2-4-10-26/h5-8,13,15H,2-4,9-12,14H2,1H3/t15-/m1/s1. The number of thiophene rings is 1. The van der Waals surface area contributed by atoms with E-state index in [-0.39, 0.29) is 29.5 Å². The normalized spacial score (nSPS) is 21.2. The van der Waals surface area contributed by atoms with Crippen LogP contribution in [0.4, 0.5) is 28.3 Å². The Hall–Kier alpha value is -1.85. The van der Waals surface area contributed by atoms with Crippen LogP contribution in [0.15, 0.2) is 34.5 Å². The summed E-state index contributed by atoms with van der Waals surface area (Å²) in [6.07, 6.45) is -1.35. The van der Waals surface area contributed by atoms with Crippen LogP contribution in [0.2, 0.25) is 0 Å². The number of rotatable bonds is 4. The largest absolute Gasteiger partial charge is 0.418 e. The first-order valence-electron chi connectivity index (χ1n) is 10.6. The highest BCUT2D eigenvalue weighted by atomic mass is 32.2. The van der Waals surface area contributed by atoms with E-state index in [1.54, 1.807) is 13.0 Å². The van der Waals surface area contributed by atoms with Crippen molar-refractivity contribution in [3.8, 4) is 0 Å². The van der Waals surface area contributed by atoms with Gasteiger partial charge in [0.05, 0.1) is 10.6 Å². The van der Waals surface area contributed by atoms with E-state index < -0.39 is 33.6 Å². The van der Waals surface area contributed by atoms with Crippen LogP contribution in [0.25, 0.3) is 0 Å². The first kappa shape index (κ1) is 23.3. The average Bonchev–Trinajstić information content (AvgIpc) is 3.25. The first-order valence-corrected chi connectivity index (χ1v) is 12.8. The number of benzene rings is 1. The van der Waals surface area contributed by atoms with Crippen molar-refractivity contribution in [2.24, 2.45) is 0 Å². The maximum Gasteiger partial charge on any atom is 0.418 e. The van der Waals surface area contributed by atoms with Crippen molar-refractivity contribution < 1.29 is 26.0 Å². The number of hydrogen-bond donors (Lipinski definition) is 0. The summed E-state index contributed by atoms with van der Waals surface area (Å²) in [6.45, 7) is 3.72. The molecule has 0 spiro atoms. The molecule has 0 amide bonds. The number of piperazine rings is 1. The topological polar surface area (TPSA) is 43.9 Å². The molecular formula is C21H25F4N3O2S2. The van der Waals surface area contributed by atoms with Gasteiger partial charge in [0.15, 0.2) is 0 Å². The fraction of sp³-hybridized carbons (Fsp3) is 0.524. The van der Waals surface area contributed by atoms with Crippen LogP contribution in [0.3, 0.4) is 0 Å². The molecule has 3 heterocycles. The lowest BCUT2D eigenvalue weighted by Gasteiger charge is -2.40. The zero-order valence-electron chi connectivity index (χ0n) is 17.6. The van der Waals surface area contributed by atoms with Gasteiger partial charge >= 0.3 is 6.18 Å². The molecule has 0 bridgehead atoms. The zero-order valence-corrected chi connectivity index (χ0v) is 19.2. The van der Waals surface area contributed by atoms with E-state index in [2.05, 4.69) is 4.90 Å². The lowest BCUT2D eigenvalue weighted by molar-refractivity contribution is -0.137. The molecular weight excluding hydrogens is 466 g/mol. The molecule has 0 saturated carbocycles. The van der Waals surface area contributed by atoms with Crippen LogP contribution in [0.5, 0.6) is 0 Å². The number of alkyl halides is 3. The maximum absolute atomic E-state index is 13.5. The van der Waals surface area contributed by atoms with Crippen LogP contribution < -0.4 is 9.80 Å². The Labute approximate surface area is 189 Å². The van der Waals surface area contributed by atoms with E-state index in [1.807, 2.05) is 6.07 Å². The van der Waals surface area contributed by atoms with E-state index in [9.17, 15) is 26.0 Å². The van der Waals surface area contributed by atoms with E-state index in [1.165, 1.54) is 27.0 Å². The first-order chi connectivity index (χ1) is 15.1. The van der Waals surface area contributed by atoms with Gasteiger partial charge in [-0.2, -0.15) is 17.5 Å². The molecule has 2 aromatic rings. The minimum Gasteiger partial charge on any atom is -0.368 e. The Bertz CT molecular complexity index is 1070. The maximum atomic E-state index is 13.5. The quantitative estimate of drug-likeness (QED) is 0.577. The summed E-state index contributed by atoms with van der Waals surface area (Å²) in [5, 5.41) is 0.927. The Balaban J connectivity index is 1.52. The van der Waals surface area contributed by atoms with Crippen LogP contribution in [-0.2, 0) is 16.2 Å². The van der Waals surface area contributed by atoms with Gasteiger partial charge in [0, 0.05) is 44.5 Å². The molecule has 32 heavy (non-hydrogen) atoms. The molecule has 0 N–H and O–H groups in total. The van der Waals surface area contributed by atoms with Crippen LogP contribution in [0.1, 0.15) is 31.7 Å². The molecule has 2 aliphatic heterocycles. The smallest absolute Gasteiger partial charge is 0.368 e. The third-order valence-corrected chi connectivity index (χ3v) is 9.60. The molecule has 0 unspecified atom stereocenters. The zero-order chi connectivity index (χ0) is 23.1. The number of anilines is 2. The van der Waals surface area contributed by atoms with Crippen molar-refractivity contribution in [1.82, 2.24) is 4.31 Å². The van der Waals surface area contributed by atoms with Gasteiger partial charge in [0.2, 0.25) is 0 Å². The van der Waals surface area contributed by atoms with Gasteiger partial charge in [0.25, 0.3) is 10.0 Å². The molecule has 4 rings (SSSR count). The minimum absolute atomic E-state index is 0.0507. The fourth-order valence-corrected chi connectivity index (χ4v) is 7.46. The Morgan fingerprint density at radius 1 is 0.969 bits per heavy atom. The van der Waals surface area contributed by atoms with Crippen molar-refractivity contribution in [3.63, 3.8) is 0 Å². The second kappa shape index (κ2) is 8.83. The molecule has 0 aliphatic carbocycles. The molecule has 2 aliphatic rings. The molecule has 11 heteroatoms. The van der Waals surface area contributed by atoms with Crippen molar-refractivity contribution in [3.05, 3.63) is 41.7 Å². The number of nitrogens with zero attached hydrogens (tertiary/aromatic N) is 3. The number of halogens is 4. The second-order valence-electron chi connectivity index (χ2n) is 8.21. The highest BCUT2D eigenvalue weighted by Gasteiger charge is 2.39. The Morgan fingerprint density at radius 2 is 1.69 bits per heavy atom. The predicted octanol–water partition coefficient (Wildman–Crippen LogP) is 4.80.